The molecule has 2 saturated heterocycles. The lowest BCUT2D eigenvalue weighted by atomic mass is 9.77. The number of hydrogen-bond acceptors (Lipinski definition) is 4. The normalized spacial score (nSPS) is 36.6. The third-order valence-electron chi connectivity index (χ3n) is 5.84. The van der Waals surface area contributed by atoms with Crippen molar-refractivity contribution in [2.45, 2.75) is 58.4 Å². The Kier molecular flexibility index (Phi) is 5.04. The first-order valence-electron chi connectivity index (χ1n) is 9.47. The van der Waals surface area contributed by atoms with Gasteiger partial charge in [-0.1, -0.05) is 20.8 Å². The Morgan fingerprint density at radius 1 is 1.12 bits per heavy atom. The molecule has 0 aromatic rings. The standard InChI is InChI=1S/C18H30N4O3/c1-12-4-6-18(7-5-12)16(24)22(17(25)19-18)20-15(23)11-21-9-13(2)8-14(3)10-21/h12-14H,4-11H2,1-3H3,(H,19,25)(H,20,23)/t12?,13-,14-,18?/m0/s1. The second-order valence-corrected chi connectivity index (χ2v) is 8.51. The summed E-state index contributed by atoms with van der Waals surface area (Å²) in [4.78, 5) is 39.5. The fourth-order valence-electron chi connectivity index (χ4n) is 4.60. The van der Waals surface area contributed by atoms with Crippen molar-refractivity contribution in [3.8, 4) is 0 Å². The van der Waals surface area contributed by atoms with Crippen LogP contribution in [0.3, 0.4) is 0 Å². The van der Waals surface area contributed by atoms with E-state index in [0.717, 1.165) is 30.9 Å². The maximum absolute atomic E-state index is 12.7. The molecule has 2 N–H and O–H groups in total. The van der Waals surface area contributed by atoms with Crippen LogP contribution in [0.25, 0.3) is 0 Å². The highest BCUT2D eigenvalue weighted by molar-refractivity contribution is 6.08. The van der Waals surface area contributed by atoms with Crippen molar-refractivity contribution in [2.75, 3.05) is 19.6 Å². The zero-order valence-corrected chi connectivity index (χ0v) is 15.5. The molecule has 1 spiro atoms. The summed E-state index contributed by atoms with van der Waals surface area (Å²) in [7, 11) is 0. The van der Waals surface area contributed by atoms with E-state index in [2.05, 4.69) is 36.4 Å². The minimum Gasteiger partial charge on any atom is -0.322 e. The molecule has 7 nitrogen and oxygen atoms in total. The van der Waals surface area contributed by atoms with Gasteiger partial charge in [-0.3, -0.25) is 19.9 Å². The highest BCUT2D eigenvalue weighted by Crippen LogP contribution is 2.35. The van der Waals surface area contributed by atoms with Gasteiger partial charge >= 0.3 is 6.03 Å². The number of nitrogens with one attached hydrogen (secondary N) is 2. The Bertz CT molecular complexity index is 547. The van der Waals surface area contributed by atoms with Gasteiger partial charge in [0.1, 0.15) is 5.54 Å². The lowest BCUT2D eigenvalue weighted by Gasteiger charge is -2.35. The number of imide groups is 1. The molecule has 3 rings (SSSR count). The number of likely N-dealkylation sites (tertiary alicyclic amines) is 1. The zero-order valence-electron chi connectivity index (χ0n) is 15.5. The van der Waals surface area contributed by atoms with Crippen LogP contribution in [-0.2, 0) is 9.59 Å². The lowest BCUT2D eigenvalue weighted by Crippen LogP contribution is -2.53. The fraction of sp³-hybridized carbons (Fsp3) is 0.833. The van der Waals surface area contributed by atoms with Gasteiger partial charge in [0.05, 0.1) is 6.54 Å². The molecule has 0 radical (unpaired) electrons. The van der Waals surface area contributed by atoms with Gasteiger partial charge in [0.25, 0.3) is 11.8 Å². The molecule has 0 aromatic carbocycles. The van der Waals surface area contributed by atoms with Gasteiger partial charge in [0, 0.05) is 13.1 Å². The highest BCUT2D eigenvalue weighted by Gasteiger charge is 2.52. The Labute approximate surface area is 149 Å². The van der Waals surface area contributed by atoms with E-state index in [1.807, 2.05) is 0 Å². The number of urea groups is 1. The van der Waals surface area contributed by atoms with Crippen LogP contribution < -0.4 is 10.7 Å². The molecule has 1 aliphatic carbocycles. The van der Waals surface area contributed by atoms with Crippen LogP contribution in [0.5, 0.6) is 0 Å². The van der Waals surface area contributed by atoms with Crippen molar-refractivity contribution in [2.24, 2.45) is 17.8 Å². The summed E-state index contributed by atoms with van der Waals surface area (Å²) >= 11 is 0. The van der Waals surface area contributed by atoms with Crippen LogP contribution in [0.4, 0.5) is 4.79 Å². The molecule has 2 heterocycles. The summed E-state index contributed by atoms with van der Waals surface area (Å²) < 4.78 is 0. The van der Waals surface area contributed by atoms with E-state index in [1.165, 1.54) is 6.42 Å². The van der Waals surface area contributed by atoms with Gasteiger partial charge in [-0.25, -0.2) is 4.79 Å². The number of nitrogens with zero attached hydrogens (tertiary/aromatic N) is 2. The van der Waals surface area contributed by atoms with Crippen molar-refractivity contribution in [1.82, 2.24) is 20.7 Å². The first-order valence-corrected chi connectivity index (χ1v) is 9.47. The van der Waals surface area contributed by atoms with Gasteiger partial charge in [-0.2, -0.15) is 5.01 Å². The molecule has 3 aliphatic rings. The third kappa shape index (κ3) is 3.81. The van der Waals surface area contributed by atoms with E-state index in [9.17, 15) is 14.4 Å². The first-order chi connectivity index (χ1) is 11.8. The molecular weight excluding hydrogens is 320 g/mol. The quantitative estimate of drug-likeness (QED) is 0.756. The predicted octanol–water partition coefficient (Wildman–Crippen LogP) is 1.50. The molecule has 7 heteroatoms. The summed E-state index contributed by atoms with van der Waals surface area (Å²) in [6, 6.07) is -0.506. The highest BCUT2D eigenvalue weighted by atomic mass is 16.2. The van der Waals surface area contributed by atoms with Crippen LogP contribution in [0.2, 0.25) is 0 Å². The molecule has 0 unspecified atom stereocenters. The zero-order chi connectivity index (χ0) is 18.2. The van der Waals surface area contributed by atoms with Crippen molar-refractivity contribution < 1.29 is 14.4 Å². The Morgan fingerprint density at radius 2 is 1.72 bits per heavy atom. The molecule has 4 amide bonds. The summed E-state index contributed by atoms with van der Waals surface area (Å²) in [6.07, 6.45) is 4.29. The Hall–Kier alpha value is -1.63. The van der Waals surface area contributed by atoms with E-state index >= 15 is 0 Å². The van der Waals surface area contributed by atoms with Gasteiger partial charge < -0.3 is 5.32 Å². The molecule has 1 saturated carbocycles. The number of rotatable bonds is 3. The van der Waals surface area contributed by atoms with E-state index in [-0.39, 0.29) is 18.4 Å². The van der Waals surface area contributed by atoms with Crippen LogP contribution in [0, 0.1) is 17.8 Å². The summed E-state index contributed by atoms with van der Waals surface area (Å²) in [5, 5.41) is 3.72. The largest absolute Gasteiger partial charge is 0.344 e. The maximum Gasteiger partial charge on any atom is 0.344 e. The van der Waals surface area contributed by atoms with Crippen LogP contribution >= 0.6 is 0 Å². The SMILES string of the molecule is CC1CCC2(CC1)NC(=O)N(NC(=O)CN1C[C@@H](C)C[C@H](C)C1)C2=O. The van der Waals surface area contributed by atoms with E-state index in [1.54, 1.807) is 0 Å². The van der Waals surface area contributed by atoms with Crippen LogP contribution in [0.15, 0.2) is 0 Å². The topological polar surface area (TPSA) is 81.8 Å². The van der Waals surface area contributed by atoms with Gasteiger partial charge in [-0.15, -0.1) is 0 Å². The van der Waals surface area contributed by atoms with Gasteiger partial charge in [0.15, 0.2) is 0 Å². The summed E-state index contributed by atoms with van der Waals surface area (Å²) in [5.41, 5.74) is 1.71. The second kappa shape index (κ2) is 6.94. The molecule has 140 valence electrons. The molecular formula is C18H30N4O3. The number of hydrogen-bond donors (Lipinski definition) is 2. The van der Waals surface area contributed by atoms with E-state index in [4.69, 9.17) is 0 Å². The minimum absolute atomic E-state index is 0.218. The van der Waals surface area contributed by atoms with Crippen molar-refractivity contribution >= 4 is 17.8 Å². The molecule has 0 bridgehead atoms. The third-order valence-corrected chi connectivity index (χ3v) is 5.84. The van der Waals surface area contributed by atoms with Gasteiger partial charge in [0.2, 0.25) is 0 Å². The second-order valence-electron chi connectivity index (χ2n) is 8.51. The number of amides is 4. The van der Waals surface area contributed by atoms with Crippen molar-refractivity contribution in [3.63, 3.8) is 0 Å². The molecule has 2 atom stereocenters. The molecule has 2 aliphatic heterocycles. The molecule has 0 aromatic heterocycles. The van der Waals surface area contributed by atoms with Gasteiger partial charge in [-0.05, 0) is 49.9 Å². The number of hydrazine groups is 1. The monoisotopic (exact) mass is 350 g/mol. The van der Waals surface area contributed by atoms with Crippen LogP contribution in [-0.4, -0.2) is 52.9 Å². The maximum atomic E-state index is 12.7. The Morgan fingerprint density at radius 3 is 2.32 bits per heavy atom. The predicted molar refractivity (Wildman–Crippen MR) is 93.3 cm³/mol. The average Bonchev–Trinajstić information content (AvgIpc) is 2.74. The van der Waals surface area contributed by atoms with Crippen molar-refractivity contribution in [3.05, 3.63) is 0 Å². The molecule has 25 heavy (non-hydrogen) atoms. The fourth-order valence-corrected chi connectivity index (χ4v) is 4.60. The number of carbonyl (C=O) groups is 3. The first kappa shape index (κ1) is 18.2. The number of piperidine rings is 1. The average molecular weight is 350 g/mol. The summed E-state index contributed by atoms with van der Waals surface area (Å²) in [6.45, 7) is 8.50. The molecule has 3 fully saturated rings. The van der Waals surface area contributed by atoms with Crippen LogP contribution in [0.1, 0.15) is 52.9 Å². The minimum atomic E-state index is -0.814. The Balaban J connectivity index is 1.58. The number of carbonyl (C=O) groups excluding carboxylic acids is 3. The van der Waals surface area contributed by atoms with E-state index < -0.39 is 11.6 Å². The van der Waals surface area contributed by atoms with Crippen molar-refractivity contribution in [1.29, 1.82) is 0 Å². The lowest BCUT2D eigenvalue weighted by molar-refractivity contribution is -0.140. The smallest absolute Gasteiger partial charge is 0.322 e. The summed E-state index contributed by atoms with van der Waals surface area (Å²) in [5.74, 6) is 1.08. The van der Waals surface area contributed by atoms with E-state index in [0.29, 0.717) is 30.6 Å².